The summed E-state index contributed by atoms with van der Waals surface area (Å²) in [4.78, 5) is 12.9. The molecule has 1 aromatic heterocycles. The summed E-state index contributed by atoms with van der Waals surface area (Å²) in [6.45, 7) is -0.383. The van der Waals surface area contributed by atoms with Crippen molar-refractivity contribution in [1.82, 2.24) is 0 Å². The number of benzene rings is 3. The van der Waals surface area contributed by atoms with Crippen molar-refractivity contribution in [2.45, 2.75) is 6.42 Å². The molecule has 0 unspecified atom stereocenters. The second kappa shape index (κ2) is 8.41. The standard InChI is InChI=1S/C24H20O7/c25-8-9-30-19-12-17(26)13-20-21(19)22(28)23(29)24(31-20)15-6-7-18(27)16(11-15)10-14-4-2-1-3-5-14/h1-7,11-13,25-27,29H,8-10H2. The van der Waals surface area contributed by atoms with Crippen LogP contribution in [0.1, 0.15) is 11.1 Å². The molecule has 0 bridgehead atoms. The molecule has 0 saturated heterocycles. The van der Waals surface area contributed by atoms with Gasteiger partial charge in [0.15, 0.2) is 5.76 Å². The molecule has 158 valence electrons. The maximum absolute atomic E-state index is 12.9. The highest BCUT2D eigenvalue weighted by molar-refractivity contribution is 5.88. The Morgan fingerprint density at radius 1 is 0.935 bits per heavy atom. The Morgan fingerprint density at radius 3 is 2.45 bits per heavy atom. The first-order valence-corrected chi connectivity index (χ1v) is 9.60. The summed E-state index contributed by atoms with van der Waals surface area (Å²) in [5, 5.41) is 39.8. The van der Waals surface area contributed by atoms with Gasteiger partial charge in [-0.25, -0.2) is 0 Å². The summed E-state index contributed by atoms with van der Waals surface area (Å²) in [5.74, 6) is -0.840. The van der Waals surface area contributed by atoms with Crippen LogP contribution in [-0.4, -0.2) is 33.6 Å². The number of fused-ring (bicyclic) bond motifs is 1. The van der Waals surface area contributed by atoms with Crippen molar-refractivity contribution >= 4 is 11.0 Å². The SMILES string of the molecule is O=c1c(O)c(-c2ccc(O)c(Cc3ccccc3)c2)oc2cc(O)cc(OCCO)c12. The number of hydrogen-bond donors (Lipinski definition) is 4. The van der Waals surface area contributed by atoms with E-state index in [0.29, 0.717) is 17.5 Å². The Bertz CT molecular complexity index is 1290. The van der Waals surface area contributed by atoms with E-state index in [2.05, 4.69) is 0 Å². The number of aliphatic hydroxyl groups is 1. The highest BCUT2D eigenvalue weighted by Gasteiger charge is 2.20. The summed E-state index contributed by atoms with van der Waals surface area (Å²) in [6.07, 6.45) is 0.443. The minimum Gasteiger partial charge on any atom is -0.508 e. The largest absolute Gasteiger partial charge is 0.508 e. The van der Waals surface area contributed by atoms with Crippen LogP contribution in [0.4, 0.5) is 0 Å². The maximum atomic E-state index is 12.9. The van der Waals surface area contributed by atoms with Gasteiger partial charge in [-0.15, -0.1) is 0 Å². The lowest BCUT2D eigenvalue weighted by Gasteiger charge is -2.12. The van der Waals surface area contributed by atoms with Crippen LogP contribution in [0.2, 0.25) is 0 Å². The monoisotopic (exact) mass is 420 g/mol. The van der Waals surface area contributed by atoms with Crippen molar-refractivity contribution in [3.8, 4) is 34.3 Å². The summed E-state index contributed by atoms with van der Waals surface area (Å²) in [5.41, 5.74) is 1.25. The van der Waals surface area contributed by atoms with Gasteiger partial charge >= 0.3 is 0 Å². The molecule has 0 saturated carbocycles. The number of phenolic OH excluding ortho intramolecular Hbond substituents is 2. The third kappa shape index (κ3) is 4.04. The van der Waals surface area contributed by atoms with E-state index in [-0.39, 0.29) is 47.2 Å². The molecule has 31 heavy (non-hydrogen) atoms. The van der Waals surface area contributed by atoms with Gasteiger partial charge in [0.25, 0.3) is 0 Å². The summed E-state index contributed by atoms with van der Waals surface area (Å²) >= 11 is 0. The van der Waals surface area contributed by atoms with E-state index < -0.39 is 11.2 Å². The molecule has 7 heteroatoms. The summed E-state index contributed by atoms with van der Waals surface area (Å²) in [7, 11) is 0. The Labute approximate surface area is 177 Å². The van der Waals surface area contributed by atoms with Crippen LogP contribution in [0.25, 0.3) is 22.3 Å². The molecule has 0 aliphatic heterocycles. The van der Waals surface area contributed by atoms with E-state index in [1.807, 2.05) is 30.3 Å². The highest BCUT2D eigenvalue weighted by atomic mass is 16.5. The zero-order valence-corrected chi connectivity index (χ0v) is 16.4. The smallest absolute Gasteiger partial charge is 0.238 e. The van der Waals surface area contributed by atoms with Crippen molar-refractivity contribution in [2.24, 2.45) is 0 Å². The Morgan fingerprint density at radius 2 is 1.71 bits per heavy atom. The van der Waals surface area contributed by atoms with E-state index in [9.17, 15) is 20.1 Å². The maximum Gasteiger partial charge on any atom is 0.238 e. The number of ether oxygens (including phenoxy) is 1. The minimum absolute atomic E-state index is 0.00452. The molecule has 1 heterocycles. The first-order valence-electron chi connectivity index (χ1n) is 9.60. The van der Waals surface area contributed by atoms with E-state index in [1.54, 1.807) is 6.07 Å². The Kier molecular flexibility index (Phi) is 5.51. The predicted molar refractivity (Wildman–Crippen MR) is 115 cm³/mol. The zero-order chi connectivity index (χ0) is 22.0. The molecule has 0 spiro atoms. The van der Waals surface area contributed by atoms with Crippen LogP contribution in [0, 0.1) is 0 Å². The first-order chi connectivity index (χ1) is 15.0. The van der Waals surface area contributed by atoms with Crippen LogP contribution < -0.4 is 10.2 Å². The van der Waals surface area contributed by atoms with Gasteiger partial charge in [0.05, 0.1) is 6.61 Å². The quantitative estimate of drug-likeness (QED) is 0.377. The molecule has 7 nitrogen and oxygen atoms in total. The molecule has 4 rings (SSSR count). The van der Waals surface area contributed by atoms with Gasteiger partial charge in [-0.05, 0) is 29.3 Å². The lowest BCUT2D eigenvalue weighted by Crippen LogP contribution is -2.08. The average Bonchev–Trinajstić information content (AvgIpc) is 2.76. The average molecular weight is 420 g/mol. The fourth-order valence-electron chi connectivity index (χ4n) is 3.41. The number of aliphatic hydroxyl groups excluding tert-OH is 1. The van der Waals surface area contributed by atoms with Crippen molar-refractivity contribution in [2.75, 3.05) is 13.2 Å². The molecule has 0 radical (unpaired) electrons. The molecule has 0 aliphatic carbocycles. The topological polar surface area (TPSA) is 120 Å². The van der Waals surface area contributed by atoms with Gasteiger partial charge in [-0.1, -0.05) is 30.3 Å². The molecule has 0 aliphatic rings. The summed E-state index contributed by atoms with van der Waals surface area (Å²) < 4.78 is 11.1. The molecule has 3 aromatic carbocycles. The van der Waals surface area contributed by atoms with Crippen LogP contribution in [0.3, 0.4) is 0 Å². The fourth-order valence-corrected chi connectivity index (χ4v) is 3.41. The normalized spacial score (nSPS) is 11.0. The van der Waals surface area contributed by atoms with Crippen LogP contribution >= 0.6 is 0 Å². The van der Waals surface area contributed by atoms with Gasteiger partial charge < -0.3 is 29.6 Å². The number of aromatic hydroxyl groups is 3. The van der Waals surface area contributed by atoms with Crippen molar-refractivity contribution < 1.29 is 29.6 Å². The minimum atomic E-state index is -0.734. The second-order valence-electron chi connectivity index (χ2n) is 7.00. The Hall–Kier alpha value is -3.97. The molecular weight excluding hydrogens is 400 g/mol. The van der Waals surface area contributed by atoms with Gasteiger partial charge in [-0.3, -0.25) is 4.79 Å². The van der Waals surface area contributed by atoms with E-state index in [4.69, 9.17) is 14.3 Å². The van der Waals surface area contributed by atoms with E-state index in [1.165, 1.54) is 24.3 Å². The van der Waals surface area contributed by atoms with E-state index in [0.717, 1.165) is 5.56 Å². The Balaban J connectivity index is 1.84. The molecular formula is C24H20O7. The van der Waals surface area contributed by atoms with Gasteiger partial charge in [0, 0.05) is 24.1 Å². The number of hydrogen-bond acceptors (Lipinski definition) is 7. The zero-order valence-electron chi connectivity index (χ0n) is 16.4. The highest BCUT2D eigenvalue weighted by Crippen LogP contribution is 2.37. The first kappa shape index (κ1) is 20.3. The van der Waals surface area contributed by atoms with Gasteiger partial charge in [-0.2, -0.15) is 0 Å². The second-order valence-corrected chi connectivity index (χ2v) is 7.00. The lowest BCUT2D eigenvalue weighted by atomic mass is 10.00. The van der Waals surface area contributed by atoms with Gasteiger partial charge in [0.1, 0.15) is 34.8 Å². The molecule has 0 fully saturated rings. The third-order valence-corrected chi connectivity index (χ3v) is 4.85. The molecule has 4 aromatic rings. The number of rotatable bonds is 6. The third-order valence-electron chi connectivity index (χ3n) is 4.85. The molecule has 0 atom stereocenters. The summed E-state index contributed by atoms with van der Waals surface area (Å²) in [6, 6.07) is 16.6. The number of phenols is 2. The van der Waals surface area contributed by atoms with Gasteiger partial charge in [0.2, 0.25) is 11.2 Å². The lowest BCUT2D eigenvalue weighted by molar-refractivity contribution is 0.202. The van der Waals surface area contributed by atoms with Crippen molar-refractivity contribution in [3.63, 3.8) is 0 Å². The van der Waals surface area contributed by atoms with E-state index >= 15 is 0 Å². The van der Waals surface area contributed by atoms with Crippen LogP contribution in [0.15, 0.2) is 69.9 Å². The fraction of sp³-hybridized carbons (Fsp3) is 0.125. The van der Waals surface area contributed by atoms with Crippen molar-refractivity contribution in [3.05, 3.63) is 82.0 Å². The molecule has 4 N–H and O–H groups in total. The van der Waals surface area contributed by atoms with Crippen molar-refractivity contribution in [1.29, 1.82) is 0 Å². The van der Waals surface area contributed by atoms with Crippen LogP contribution in [0.5, 0.6) is 23.0 Å². The molecule has 0 amide bonds. The van der Waals surface area contributed by atoms with Crippen LogP contribution in [-0.2, 0) is 6.42 Å². The predicted octanol–water partition coefficient (Wildman–Crippen LogP) is 3.54.